The lowest BCUT2D eigenvalue weighted by Crippen LogP contribution is -2.05. The van der Waals surface area contributed by atoms with Gasteiger partial charge in [0.1, 0.15) is 11.6 Å². The van der Waals surface area contributed by atoms with Crippen molar-refractivity contribution in [3.05, 3.63) is 59.7 Å². The average Bonchev–Trinajstić information content (AvgIpc) is 3.24. The van der Waals surface area contributed by atoms with E-state index in [-0.39, 0.29) is 0 Å². The van der Waals surface area contributed by atoms with Gasteiger partial charge in [-0.1, -0.05) is 12.1 Å². The molecular formula is C19H16F3N3O. The Morgan fingerprint density at radius 1 is 1.12 bits per heavy atom. The summed E-state index contributed by atoms with van der Waals surface area (Å²) in [5, 5.41) is 7.87. The molecule has 4 nitrogen and oxygen atoms in total. The minimum Gasteiger partial charge on any atom is -0.497 e. The van der Waals surface area contributed by atoms with E-state index in [9.17, 15) is 13.2 Å². The molecule has 2 heterocycles. The van der Waals surface area contributed by atoms with Crippen LogP contribution >= 0.6 is 0 Å². The lowest BCUT2D eigenvalue weighted by Gasteiger charge is -2.08. The Morgan fingerprint density at radius 3 is 2.58 bits per heavy atom. The molecule has 134 valence electrons. The minimum atomic E-state index is -4.38. The maximum absolute atomic E-state index is 13.0. The Bertz CT molecular complexity index is 946. The average molecular weight is 359 g/mol. The van der Waals surface area contributed by atoms with E-state index in [1.807, 2.05) is 24.3 Å². The van der Waals surface area contributed by atoms with Crippen molar-refractivity contribution in [2.45, 2.75) is 12.6 Å². The van der Waals surface area contributed by atoms with Crippen molar-refractivity contribution in [3.8, 4) is 22.7 Å². The SMILES string of the molecule is COc1ccc(-n2nc(-c3cccc(C(F)(F)F)c3)c3c2NCC3)cc1. The number of ether oxygens (including phenoxy) is 1. The fourth-order valence-corrected chi connectivity index (χ4v) is 3.16. The van der Waals surface area contributed by atoms with Crippen molar-refractivity contribution in [2.24, 2.45) is 0 Å². The number of fused-ring (bicyclic) bond motifs is 1. The number of nitrogens with zero attached hydrogens (tertiary/aromatic N) is 2. The third-order valence-corrected chi connectivity index (χ3v) is 4.43. The molecule has 0 saturated heterocycles. The van der Waals surface area contributed by atoms with Crippen LogP contribution in [-0.2, 0) is 12.6 Å². The van der Waals surface area contributed by atoms with Gasteiger partial charge >= 0.3 is 6.18 Å². The Morgan fingerprint density at radius 2 is 1.88 bits per heavy atom. The number of hydrogen-bond donors (Lipinski definition) is 1. The van der Waals surface area contributed by atoms with E-state index in [1.54, 1.807) is 17.9 Å². The fourth-order valence-electron chi connectivity index (χ4n) is 3.16. The molecule has 3 aromatic rings. The van der Waals surface area contributed by atoms with Gasteiger partial charge in [0.15, 0.2) is 0 Å². The molecular weight excluding hydrogens is 343 g/mol. The Balaban J connectivity index is 1.81. The van der Waals surface area contributed by atoms with Gasteiger partial charge in [0.25, 0.3) is 0 Å². The molecule has 26 heavy (non-hydrogen) atoms. The van der Waals surface area contributed by atoms with Crippen molar-refractivity contribution in [1.29, 1.82) is 0 Å². The summed E-state index contributed by atoms with van der Waals surface area (Å²) >= 11 is 0. The van der Waals surface area contributed by atoms with E-state index >= 15 is 0 Å². The molecule has 1 aliphatic heterocycles. The maximum Gasteiger partial charge on any atom is 0.416 e. The van der Waals surface area contributed by atoms with E-state index in [2.05, 4.69) is 10.4 Å². The first-order valence-electron chi connectivity index (χ1n) is 8.15. The first kappa shape index (κ1) is 16.5. The number of benzene rings is 2. The summed E-state index contributed by atoms with van der Waals surface area (Å²) in [5.41, 5.74) is 2.11. The van der Waals surface area contributed by atoms with Crippen LogP contribution in [0, 0.1) is 0 Å². The molecule has 4 rings (SSSR count). The van der Waals surface area contributed by atoms with Gasteiger partial charge in [-0.2, -0.15) is 18.3 Å². The molecule has 1 N–H and O–H groups in total. The summed E-state index contributed by atoms with van der Waals surface area (Å²) in [6.07, 6.45) is -3.66. The highest BCUT2D eigenvalue weighted by Crippen LogP contribution is 2.37. The third kappa shape index (κ3) is 2.79. The summed E-state index contributed by atoms with van der Waals surface area (Å²) in [6, 6.07) is 12.7. The van der Waals surface area contributed by atoms with Gasteiger partial charge in [0, 0.05) is 17.7 Å². The monoisotopic (exact) mass is 359 g/mol. The van der Waals surface area contributed by atoms with Crippen molar-refractivity contribution in [3.63, 3.8) is 0 Å². The number of alkyl halides is 3. The van der Waals surface area contributed by atoms with Gasteiger partial charge in [0.05, 0.1) is 24.1 Å². The van der Waals surface area contributed by atoms with Gasteiger partial charge in [-0.05, 0) is 42.8 Å². The van der Waals surface area contributed by atoms with E-state index in [4.69, 9.17) is 4.74 Å². The molecule has 0 aliphatic carbocycles. The quantitative estimate of drug-likeness (QED) is 0.747. The Hall–Kier alpha value is -2.96. The first-order chi connectivity index (χ1) is 12.5. The lowest BCUT2D eigenvalue weighted by molar-refractivity contribution is -0.137. The molecule has 0 spiro atoms. The summed E-state index contributed by atoms with van der Waals surface area (Å²) in [6.45, 7) is 0.731. The van der Waals surface area contributed by atoms with Crippen molar-refractivity contribution < 1.29 is 17.9 Å². The Kier molecular flexibility index (Phi) is 3.86. The van der Waals surface area contributed by atoms with Crippen LogP contribution in [0.1, 0.15) is 11.1 Å². The van der Waals surface area contributed by atoms with Crippen molar-refractivity contribution >= 4 is 5.82 Å². The van der Waals surface area contributed by atoms with Crippen LogP contribution in [0.2, 0.25) is 0 Å². The number of anilines is 1. The van der Waals surface area contributed by atoms with E-state index in [0.29, 0.717) is 11.3 Å². The fraction of sp³-hybridized carbons (Fsp3) is 0.211. The van der Waals surface area contributed by atoms with Crippen LogP contribution in [0.3, 0.4) is 0 Å². The zero-order valence-electron chi connectivity index (χ0n) is 14.0. The molecule has 0 radical (unpaired) electrons. The van der Waals surface area contributed by atoms with E-state index in [1.165, 1.54) is 6.07 Å². The molecule has 7 heteroatoms. The van der Waals surface area contributed by atoms with Gasteiger partial charge in [0.2, 0.25) is 0 Å². The van der Waals surface area contributed by atoms with Crippen LogP contribution in [0.4, 0.5) is 19.0 Å². The van der Waals surface area contributed by atoms with Gasteiger partial charge in [-0.15, -0.1) is 0 Å². The topological polar surface area (TPSA) is 39.1 Å². The summed E-state index contributed by atoms with van der Waals surface area (Å²) in [4.78, 5) is 0. The van der Waals surface area contributed by atoms with Crippen LogP contribution in [0.25, 0.3) is 16.9 Å². The summed E-state index contributed by atoms with van der Waals surface area (Å²) in [7, 11) is 1.59. The zero-order valence-corrected chi connectivity index (χ0v) is 14.0. The highest BCUT2D eigenvalue weighted by atomic mass is 19.4. The highest BCUT2D eigenvalue weighted by molar-refractivity contribution is 5.73. The van der Waals surface area contributed by atoms with E-state index < -0.39 is 11.7 Å². The molecule has 0 unspecified atom stereocenters. The lowest BCUT2D eigenvalue weighted by atomic mass is 10.0. The minimum absolute atomic E-state index is 0.465. The molecule has 1 aromatic heterocycles. The largest absolute Gasteiger partial charge is 0.497 e. The first-order valence-corrected chi connectivity index (χ1v) is 8.15. The van der Waals surface area contributed by atoms with Crippen LogP contribution in [0.15, 0.2) is 48.5 Å². The third-order valence-electron chi connectivity index (χ3n) is 4.43. The number of hydrogen-bond acceptors (Lipinski definition) is 3. The Labute approximate surface area is 148 Å². The number of halogens is 3. The van der Waals surface area contributed by atoms with Crippen LogP contribution in [0.5, 0.6) is 5.75 Å². The predicted molar refractivity (Wildman–Crippen MR) is 92.7 cm³/mol. The second-order valence-electron chi connectivity index (χ2n) is 6.04. The normalized spacial score (nSPS) is 13.4. The zero-order chi connectivity index (χ0) is 18.3. The number of aromatic nitrogens is 2. The van der Waals surface area contributed by atoms with Crippen LogP contribution in [-0.4, -0.2) is 23.4 Å². The second kappa shape index (κ2) is 6.09. The van der Waals surface area contributed by atoms with Gasteiger partial charge < -0.3 is 10.1 Å². The molecule has 1 aliphatic rings. The highest BCUT2D eigenvalue weighted by Gasteiger charge is 2.31. The molecule has 0 fully saturated rings. The summed E-state index contributed by atoms with van der Waals surface area (Å²) in [5.74, 6) is 1.55. The van der Waals surface area contributed by atoms with E-state index in [0.717, 1.165) is 47.9 Å². The molecule has 0 saturated carbocycles. The number of rotatable bonds is 3. The molecule has 0 amide bonds. The smallest absolute Gasteiger partial charge is 0.416 e. The van der Waals surface area contributed by atoms with Gasteiger partial charge in [-0.25, -0.2) is 4.68 Å². The molecule has 2 aromatic carbocycles. The predicted octanol–water partition coefficient (Wildman–Crippen LogP) is 4.53. The summed E-state index contributed by atoms with van der Waals surface area (Å²) < 4.78 is 46.0. The van der Waals surface area contributed by atoms with Crippen molar-refractivity contribution in [1.82, 2.24) is 9.78 Å². The number of nitrogens with one attached hydrogen (secondary N) is 1. The standard InChI is InChI=1S/C19H16F3N3O/c1-26-15-7-5-14(6-8-15)25-18-16(9-10-23-18)17(24-25)12-3-2-4-13(11-12)19(20,21)22/h2-8,11,23H,9-10H2,1H3. The molecule has 0 bridgehead atoms. The maximum atomic E-state index is 13.0. The van der Waals surface area contributed by atoms with Crippen molar-refractivity contribution in [2.75, 3.05) is 19.0 Å². The van der Waals surface area contributed by atoms with Gasteiger partial charge in [-0.3, -0.25) is 0 Å². The second-order valence-corrected chi connectivity index (χ2v) is 6.04. The molecule has 0 atom stereocenters. The van der Waals surface area contributed by atoms with Crippen LogP contribution < -0.4 is 10.1 Å². The number of methoxy groups -OCH3 is 1.